The summed E-state index contributed by atoms with van der Waals surface area (Å²) in [5.74, 6) is 1.47. The molecule has 2 heterocycles. The molecule has 1 aromatic rings. The van der Waals surface area contributed by atoms with E-state index < -0.39 is 5.54 Å². The highest BCUT2D eigenvalue weighted by atomic mass is 35.5. The molecule has 2 fully saturated rings. The minimum absolute atomic E-state index is 0. The number of nitrogens with zero attached hydrogens (tertiary/aromatic N) is 3. The average Bonchev–Trinajstić information content (AvgIpc) is 3.33. The maximum absolute atomic E-state index is 12.6. The standard InChI is InChI=1S/C17H29N5O2.2ClH/c1-3-22(4-2)12-14-19-16(21-24-14)17(8-5-6-9-17)20-15(23)13-7-10-18-11-13;;/h13,18H,3-12H2,1-2H3,(H,20,23);2*1H. The van der Waals surface area contributed by atoms with E-state index in [9.17, 15) is 4.79 Å². The molecule has 1 amide bonds. The maximum atomic E-state index is 12.6. The van der Waals surface area contributed by atoms with E-state index in [0.717, 1.165) is 58.3 Å². The molecule has 0 spiro atoms. The highest BCUT2D eigenvalue weighted by molar-refractivity contribution is 5.85. The van der Waals surface area contributed by atoms with Crippen molar-refractivity contribution in [3.05, 3.63) is 11.7 Å². The van der Waals surface area contributed by atoms with Crippen molar-refractivity contribution in [2.75, 3.05) is 26.2 Å². The van der Waals surface area contributed by atoms with E-state index in [1.165, 1.54) is 0 Å². The largest absolute Gasteiger partial charge is 0.343 e. The third-order valence-electron chi connectivity index (χ3n) is 5.40. The van der Waals surface area contributed by atoms with Crippen LogP contribution in [0.5, 0.6) is 0 Å². The van der Waals surface area contributed by atoms with Crippen LogP contribution in [0.1, 0.15) is 57.7 Å². The van der Waals surface area contributed by atoms with Gasteiger partial charge < -0.3 is 15.2 Å². The van der Waals surface area contributed by atoms with Gasteiger partial charge in [-0.25, -0.2) is 0 Å². The molecule has 1 unspecified atom stereocenters. The predicted molar refractivity (Wildman–Crippen MR) is 105 cm³/mol. The second-order valence-corrected chi connectivity index (χ2v) is 6.94. The van der Waals surface area contributed by atoms with Gasteiger partial charge in [0.2, 0.25) is 11.8 Å². The van der Waals surface area contributed by atoms with Crippen molar-refractivity contribution < 1.29 is 9.32 Å². The quantitative estimate of drug-likeness (QED) is 0.720. The van der Waals surface area contributed by atoms with Gasteiger partial charge in [-0.1, -0.05) is 31.8 Å². The highest BCUT2D eigenvalue weighted by Crippen LogP contribution is 2.37. The van der Waals surface area contributed by atoms with Crippen molar-refractivity contribution in [3.8, 4) is 0 Å². The van der Waals surface area contributed by atoms with Gasteiger partial charge in [0.1, 0.15) is 5.54 Å². The van der Waals surface area contributed by atoms with Crippen LogP contribution in [-0.4, -0.2) is 47.1 Å². The third kappa shape index (κ3) is 5.09. The zero-order valence-corrected chi connectivity index (χ0v) is 17.3. The number of hydrogen-bond acceptors (Lipinski definition) is 6. The molecule has 1 aliphatic carbocycles. The Morgan fingerprint density at radius 2 is 2.00 bits per heavy atom. The number of aromatic nitrogens is 2. The Labute approximate surface area is 167 Å². The van der Waals surface area contributed by atoms with E-state index in [0.29, 0.717) is 18.3 Å². The van der Waals surface area contributed by atoms with Crippen LogP contribution in [0, 0.1) is 5.92 Å². The van der Waals surface area contributed by atoms with Crippen molar-refractivity contribution in [1.82, 2.24) is 25.7 Å². The molecule has 150 valence electrons. The summed E-state index contributed by atoms with van der Waals surface area (Å²) in [4.78, 5) is 19.5. The molecule has 1 aliphatic heterocycles. The smallest absolute Gasteiger partial charge is 0.240 e. The molecular weight excluding hydrogens is 377 g/mol. The van der Waals surface area contributed by atoms with Gasteiger partial charge in [0.25, 0.3) is 0 Å². The number of halogens is 2. The van der Waals surface area contributed by atoms with Gasteiger partial charge in [-0.05, 0) is 38.9 Å². The molecule has 26 heavy (non-hydrogen) atoms. The van der Waals surface area contributed by atoms with E-state index >= 15 is 0 Å². The van der Waals surface area contributed by atoms with Crippen molar-refractivity contribution in [1.29, 1.82) is 0 Å². The molecule has 2 N–H and O–H groups in total. The van der Waals surface area contributed by atoms with Crippen LogP contribution in [0.3, 0.4) is 0 Å². The lowest BCUT2D eigenvalue weighted by atomic mass is 9.95. The van der Waals surface area contributed by atoms with Gasteiger partial charge in [0.15, 0.2) is 5.82 Å². The first kappa shape index (κ1) is 23.1. The first-order valence-corrected chi connectivity index (χ1v) is 9.25. The van der Waals surface area contributed by atoms with Gasteiger partial charge in [-0.3, -0.25) is 9.69 Å². The molecule has 1 saturated carbocycles. The summed E-state index contributed by atoms with van der Waals surface area (Å²) < 4.78 is 5.48. The summed E-state index contributed by atoms with van der Waals surface area (Å²) in [7, 11) is 0. The van der Waals surface area contributed by atoms with Crippen molar-refractivity contribution in [3.63, 3.8) is 0 Å². The molecular formula is C17H31Cl2N5O2. The van der Waals surface area contributed by atoms with Gasteiger partial charge in [-0.2, -0.15) is 4.98 Å². The summed E-state index contributed by atoms with van der Waals surface area (Å²) in [6.07, 6.45) is 4.86. The lowest BCUT2D eigenvalue weighted by molar-refractivity contribution is -0.126. The highest BCUT2D eigenvalue weighted by Gasteiger charge is 2.42. The maximum Gasteiger partial charge on any atom is 0.240 e. The molecule has 3 rings (SSSR count). The molecule has 1 saturated heterocycles. The number of rotatable bonds is 7. The van der Waals surface area contributed by atoms with Crippen LogP contribution in [0.15, 0.2) is 4.52 Å². The molecule has 0 bridgehead atoms. The number of hydrogen-bond donors (Lipinski definition) is 2. The van der Waals surface area contributed by atoms with Crippen LogP contribution >= 0.6 is 24.8 Å². The van der Waals surface area contributed by atoms with Gasteiger partial charge in [0.05, 0.1) is 12.5 Å². The predicted octanol–water partition coefficient (Wildman–Crippen LogP) is 2.25. The van der Waals surface area contributed by atoms with Gasteiger partial charge in [-0.15, -0.1) is 24.8 Å². The SMILES string of the molecule is CCN(CC)Cc1nc(C2(NC(=O)C3CCNC3)CCCC2)no1.Cl.Cl. The zero-order chi connectivity index (χ0) is 17.0. The fraction of sp³-hybridized carbons (Fsp3) is 0.824. The van der Waals surface area contributed by atoms with Crippen LogP contribution in [-0.2, 0) is 16.9 Å². The normalized spacial score (nSPS) is 21.3. The molecule has 0 radical (unpaired) electrons. The van der Waals surface area contributed by atoms with Crippen LogP contribution in [0.4, 0.5) is 0 Å². The Hall–Kier alpha value is -0.890. The second kappa shape index (κ2) is 10.4. The Morgan fingerprint density at radius 3 is 2.58 bits per heavy atom. The van der Waals surface area contributed by atoms with Crippen molar-refractivity contribution >= 4 is 30.7 Å². The van der Waals surface area contributed by atoms with Crippen molar-refractivity contribution in [2.45, 2.75) is 58.0 Å². The first-order valence-electron chi connectivity index (χ1n) is 9.25. The number of nitrogens with one attached hydrogen (secondary N) is 2. The number of carbonyl (C=O) groups is 1. The molecule has 9 heteroatoms. The Balaban J connectivity index is 0.00000169. The van der Waals surface area contributed by atoms with E-state index in [2.05, 4.69) is 39.5 Å². The van der Waals surface area contributed by atoms with Crippen LogP contribution < -0.4 is 10.6 Å². The first-order chi connectivity index (χ1) is 11.7. The number of amides is 1. The Bertz CT molecular complexity index is 553. The van der Waals surface area contributed by atoms with E-state index in [1.54, 1.807) is 0 Å². The molecule has 0 aromatic carbocycles. The third-order valence-corrected chi connectivity index (χ3v) is 5.40. The fourth-order valence-corrected chi connectivity index (χ4v) is 3.75. The Morgan fingerprint density at radius 1 is 1.31 bits per heavy atom. The second-order valence-electron chi connectivity index (χ2n) is 6.94. The molecule has 1 aromatic heterocycles. The van der Waals surface area contributed by atoms with Crippen molar-refractivity contribution in [2.24, 2.45) is 5.92 Å². The van der Waals surface area contributed by atoms with E-state index in [4.69, 9.17) is 4.52 Å². The van der Waals surface area contributed by atoms with E-state index in [-0.39, 0.29) is 36.6 Å². The summed E-state index contributed by atoms with van der Waals surface area (Å²) in [5, 5.41) is 10.7. The fourth-order valence-electron chi connectivity index (χ4n) is 3.75. The average molecular weight is 408 g/mol. The van der Waals surface area contributed by atoms with Crippen LogP contribution in [0.2, 0.25) is 0 Å². The summed E-state index contributed by atoms with van der Waals surface area (Å²) in [6.45, 7) is 8.49. The molecule has 1 atom stereocenters. The molecule has 7 nitrogen and oxygen atoms in total. The number of carbonyl (C=O) groups excluding carboxylic acids is 1. The summed E-state index contributed by atoms with van der Waals surface area (Å²) >= 11 is 0. The van der Waals surface area contributed by atoms with Gasteiger partial charge >= 0.3 is 0 Å². The van der Waals surface area contributed by atoms with Gasteiger partial charge in [0, 0.05) is 6.54 Å². The Kier molecular flexibility index (Phi) is 9.30. The zero-order valence-electron chi connectivity index (χ0n) is 15.6. The lowest BCUT2D eigenvalue weighted by Crippen LogP contribution is -2.47. The topological polar surface area (TPSA) is 83.3 Å². The minimum atomic E-state index is -0.440. The van der Waals surface area contributed by atoms with E-state index in [1.807, 2.05) is 0 Å². The summed E-state index contributed by atoms with van der Waals surface area (Å²) in [6, 6.07) is 0. The van der Waals surface area contributed by atoms with Crippen LogP contribution in [0.25, 0.3) is 0 Å². The summed E-state index contributed by atoms with van der Waals surface area (Å²) in [5.41, 5.74) is -0.440. The molecule has 2 aliphatic rings. The lowest BCUT2D eigenvalue weighted by Gasteiger charge is -2.28. The minimum Gasteiger partial charge on any atom is -0.343 e. The monoisotopic (exact) mass is 407 g/mol.